The molecule has 4 heterocycles. The molecule has 2 aromatic rings. The molecule has 9 nitrogen and oxygen atoms in total. The van der Waals surface area contributed by atoms with E-state index in [4.69, 9.17) is 28.2 Å². The second kappa shape index (κ2) is 13.7. The van der Waals surface area contributed by atoms with Crippen molar-refractivity contribution in [2.75, 3.05) is 39.4 Å². The molecule has 5 atom stereocenters. The highest BCUT2D eigenvalue weighted by Crippen LogP contribution is 2.56. The maximum atomic E-state index is 14.7. The van der Waals surface area contributed by atoms with Crippen molar-refractivity contribution in [2.24, 2.45) is 10.9 Å². The number of carbonyl (C=O) groups is 2. The zero-order chi connectivity index (χ0) is 33.6. The number of amides is 2. The summed E-state index contributed by atoms with van der Waals surface area (Å²) in [6.45, 7) is 10.1. The second-order valence-electron chi connectivity index (χ2n) is 13.4. The van der Waals surface area contributed by atoms with E-state index in [1.54, 1.807) is 9.80 Å². The van der Waals surface area contributed by atoms with Gasteiger partial charge in [0.15, 0.2) is 5.17 Å². The molecule has 0 bridgehead atoms. The standard InChI is InChI=1S/C35H43Cl2N5O4S/c1-21(2)29-30(33(46)41-22(3)5-14-28(41)32(45)40-16-15-39(17-18-43)27(19-40)20-44)47-34-38-35(4,24-8-12-26(37)13-9-24)31(42(29)34)23-6-10-25(36)11-7-23/h6-13,21-22,27-28,31,43-44H,5,14-20H2,1-4H3/t22-,27-,28+,31-,35?/m1/s1. The second-order valence-corrected chi connectivity index (χ2v) is 15.2. The summed E-state index contributed by atoms with van der Waals surface area (Å²) in [5, 5.41) is 21.5. The van der Waals surface area contributed by atoms with Gasteiger partial charge < -0.3 is 24.9 Å². The van der Waals surface area contributed by atoms with Crippen molar-refractivity contribution in [3.05, 3.63) is 80.3 Å². The number of aliphatic hydroxyl groups excluding tert-OH is 2. The topological polar surface area (TPSA) is 99.9 Å². The molecule has 2 aromatic carbocycles. The van der Waals surface area contributed by atoms with E-state index in [2.05, 4.69) is 25.7 Å². The first kappa shape index (κ1) is 34.3. The minimum atomic E-state index is -0.670. The number of aliphatic hydroxyl groups is 2. The zero-order valence-electron chi connectivity index (χ0n) is 27.3. The number of likely N-dealkylation sites (tertiary alicyclic amines) is 1. The maximum absolute atomic E-state index is 14.7. The molecular weight excluding hydrogens is 657 g/mol. The van der Waals surface area contributed by atoms with E-state index >= 15 is 0 Å². The number of halogens is 2. The van der Waals surface area contributed by atoms with E-state index in [0.29, 0.717) is 47.6 Å². The van der Waals surface area contributed by atoms with Crippen LogP contribution in [-0.2, 0) is 15.1 Å². The normalized spacial score (nSPS) is 28.0. The van der Waals surface area contributed by atoms with Crippen molar-refractivity contribution in [2.45, 2.75) is 70.2 Å². The molecule has 2 fully saturated rings. The van der Waals surface area contributed by atoms with Gasteiger partial charge in [0.25, 0.3) is 5.91 Å². The molecule has 4 aliphatic heterocycles. The number of piperazine rings is 1. The van der Waals surface area contributed by atoms with Gasteiger partial charge in [-0.2, -0.15) is 0 Å². The molecule has 0 spiro atoms. The van der Waals surface area contributed by atoms with Gasteiger partial charge in [-0.25, -0.2) is 4.99 Å². The van der Waals surface area contributed by atoms with Gasteiger partial charge >= 0.3 is 0 Å². The average molecular weight is 701 g/mol. The van der Waals surface area contributed by atoms with Crippen molar-refractivity contribution < 1.29 is 19.8 Å². The highest BCUT2D eigenvalue weighted by Gasteiger charge is 2.54. The fourth-order valence-corrected chi connectivity index (χ4v) is 9.25. The van der Waals surface area contributed by atoms with Crippen LogP contribution < -0.4 is 0 Å². The molecular formula is C35H43Cl2N5O4S. The van der Waals surface area contributed by atoms with E-state index in [1.165, 1.54) is 11.8 Å². The molecule has 2 amide bonds. The maximum Gasteiger partial charge on any atom is 0.263 e. The van der Waals surface area contributed by atoms with Crippen LogP contribution >= 0.6 is 35.0 Å². The predicted octanol–water partition coefficient (Wildman–Crippen LogP) is 5.11. The number of aliphatic imine (C=N–C) groups is 1. The summed E-state index contributed by atoms with van der Waals surface area (Å²) < 4.78 is 0. The predicted molar refractivity (Wildman–Crippen MR) is 187 cm³/mol. The van der Waals surface area contributed by atoms with Gasteiger partial charge in [-0.3, -0.25) is 14.5 Å². The Kier molecular flexibility index (Phi) is 10.0. The van der Waals surface area contributed by atoms with Crippen molar-refractivity contribution in [3.63, 3.8) is 0 Å². The summed E-state index contributed by atoms with van der Waals surface area (Å²) in [4.78, 5) is 42.5. The van der Waals surface area contributed by atoms with Crippen molar-refractivity contribution in [1.29, 1.82) is 0 Å². The lowest BCUT2D eigenvalue weighted by atomic mass is 9.81. The van der Waals surface area contributed by atoms with Crippen LogP contribution in [0, 0.1) is 5.92 Å². The van der Waals surface area contributed by atoms with E-state index in [-0.39, 0.29) is 49.1 Å². The Hall–Kier alpha value is -2.60. The van der Waals surface area contributed by atoms with Crippen LogP contribution in [0.25, 0.3) is 0 Å². The van der Waals surface area contributed by atoms with E-state index in [1.807, 2.05) is 60.4 Å². The minimum absolute atomic E-state index is 0.00212. The molecule has 2 saturated heterocycles. The van der Waals surface area contributed by atoms with E-state index in [0.717, 1.165) is 28.4 Å². The first-order valence-electron chi connectivity index (χ1n) is 16.4. The lowest BCUT2D eigenvalue weighted by molar-refractivity contribution is -0.145. The highest BCUT2D eigenvalue weighted by molar-refractivity contribution is 8.18. The zero-order valence-corrected chi connectivity index (χ0v) is 29.6. The van der Waals surface area contributed by atoms with Crippen LogP contribution in [0.4, 0.5) is 0 Å². The summed E-state index contributed by atoms with van der Waals surface area (Å²) in [5.41, 5.74) is 2.27. The minimum Gasteiger partial charge on any atom is -0.395 e. The number of carbonyl (C=O) groups excluding carboxylic acids is 2. The number of rotatable bonds is 8. The molecule has 2 N–H and O–H groups in total. The number of nitrogens with zero attached hydrogens (tertiary/aromatic N) is 5. The van der Waals surface area contributed by atoms with Crippen LogP contribution in [-0.4, -0.2) is 104 Å². The SMILES string of the molecule is CC(C)C1=C(C(=O)N2[C@H](C)CC[C@H]2C(=O)N2CCN(CCO)[C@@H](CO)C2)SC2=NC(C)(c3ccc(Cl)cc3)[C@@H](c3ccc(Cl)cc3)N21. The highest BCUT2D eigenvalue weighted by atomic mass is 35.5. The number of benzene rings is 2. The molecule has 0 aliphatic carbocycles. The number of allylic oxidation sites excluding steroid dienone is 1. The summed E-state index contributed by atoms with van der Waals surface area (Å²) in [7, 11) is 0. The van der Waals surface area contributed by atoms with Gasteiger partial charge in [0, 0.05) is 48.0 Å². The first-order valence-corrected chi connectivity index (χ1v) is 18.0. The Balaban J connectivity index is 1.34. The Morgan fingerprint density at radius 2 is 1.68 bits per heavy atom. The summed E-state index contributed by atoms with van der Waals surface area (Å²) >= 11 is 14.0. The van der Waals surface area contributed by atoms with Crippen LogP contribution in [0.1, 0.15) is 57.7 Å². The van der Waals surface area contributed by atoms with Gasteiger partial charge in [0.2, 0.25) is 5.91 Å². The van der Waals surface area contributed by atoms with Gasteiger partial charge in [-0.05, 0) is 79.8 Å². The molecule has 12 heteroatoms. The third-order valence-corrected chi connectivity index (χ3v) is 11.6. The lowest BCUT2D eigenvalue weighted by Gasteiger charge is -2.42. The van der Waals surface area contributed by atoms with E-state index in [9.17, 15) is 19.8 Å². The third kappa shape index (κ3) is 6.22. The van der Waals surface area contributed by atoms with Crippen LogP contribution in [0.15, 0.2) is 64.1 Å². The molecule has 47 heavy (non-hydrogen) atoms. The van der Waals surface area contributed by atoms with Crippen molar-refractivity contribution in [1.82, 2.24) is 19.6 Å². The smallest absolute Gasteiger partial charge is 0.263 e. The van der Waals surface area contributed by atoms with Gasteiger partial charge in [0.1, 0.15) is 16.5 Å². The van der Waals surface area contributed by atoms with Crippen LogP contribution in [0.2, 0.25) is 10.0 Å². The van der Waals surface area contributed by atoms with Crippen LogP contribution in [0.3, 0.4) is 0 Å². The number of amidine groups is 1. The molecule has 6 rings (SSSR count). The molecule has 4 aliphatic rings. The van der Waals surface area contributed by atoms with Crippen LogP contribution in [0.5, 0.6) is 0 Å². The number of fused-ring (bicyclic) bond motifs is 1. The Labute approximate surface area is 291 Å². The third-order valence-electron chi connectivity index (χ3n) is 10.1. The summed E-state index contributed by atoms with van der Waals surface area (Å²) in [5.74, 6) is -0.222. The molecule has 0 saturated carbocycles. The number of thioether (sulfide) groups is 1. The fraction of sp³-hybridized carbons (Fsp3) is 0.514. The lowest BCUT2D eigenvalue weighted by Crippen LogP contribution is -2.60. The number of β-amino-alcohol motifs (C(OH)–C–C–N with tert-alkyl or cyclic N) is 1. The Morgan fingerprint density at radius 3 is 2.30 bits per heavy atom. The average Bonchev–Trinajstić information content (AvgIpc) is 3.70. The summed E-state index contributed by atoms with van der Waals surface area (Å²) in [6, 6.07) is 14.5. The Morgan fingerprint density at radius 1 is 1.02 bits per heavy atom. The van der Waals surface area contributed by atoms with Gasteiger partial charge in [-0.1, -0.05) is 61.3 Å². The Bertz CT molecular complexity index is 1570. The van der Waals surface area contributed by atoms with Gasteiger partial charge in [-0.15, -0.1) is 0 Å². The molecule has 1 unspecified atom stereocenters. The van der Waals surface area contributed by atoms with Gasteiger partial charge in [0.05, 0.1) is 25.3 Å². The summed E-state index contributed by atoms with van der Waals surface area (Å²) in [6.07, 6.45) is 1.33. The monoisotopic (exact) mass is 699 g/mol. The number of hydrogen-bond acceptors (Lipinski definition) is 8. The molecule has 0 radical (unpaired) electrons. The fourth-order valence-electron chi connectivity index (χ4n) is 7.65. The number of hydrogen-bond donors (Lipinski definition) is 2. The first-order chi connectivity index (χ1) is 22.5. The quantitative estimate of drug-likeness (QED) is 0.395. The molecule has 0 aromatic heterocycles. The molecule has 252 valence electrons. The van der Waals surface area contributed by atoms with Crippen molar-refractivity contribution >= 4 is 51.9 Å². The largest absolute Gasteiger partial charge is 0.395 e. The van der Waals surface area contributed by atoms with Crippen molar-refractivity contribution in [3.8, 4) is 0 Å². The van der Waals surface area contributed by atoms with E-state index < -0.39 is 11.6 Å².